The number of carbonyl (C=O) groups is 4. The van der Waals surface area contributed by atoms with Crippen molar-refractivity contribution in [1.82, 2.24) is 0 Å². The van der Waals surface area contributed by atoms with Crippen LogP contribution >= 0.6 is 0 Å². The molecule has 1 aromatic carbocycles. The van der Waals surface area contributed by atoms with E-state index in [9.17, 15) is 24.3 Å². The van der Waals surface area contributed by atoms with Crippen molar-refractivity contribution in [1.29, 1.82) is 0 Å². The summed E-state index contributed by atoms with van der Waals surface area (Å²) in [6, 6.07) is 2.88. The van der Waals surface area contributed by atoms with Gasteiger partial charge in [0.15, 0.2) is 11.5 Å². The number of carboxylic acid groups (broad SMARTS) is 1. The molecule has 11 nitrogen and oxygen atoms in total. The maximum Gasteiger partial charge on any atom is 0.513 e. The fraction of sp³-hybridized carbons (Fsp3) is 0.677. The zero-order valence-corrected chi connectivity index (χ0v) is 25.9. The Balaban J connectivity index is 2.32. The van der Waals surface area contributed by atoms with Gasteiger partial charge in [-0.2, -0.15) is 0 Å². The van der Waals surface area contributed by atoms with Crippen molar-refractivity contribution in [3.63, 3.8) is 0 Å². The van der Waals surface area contributed by atoms with Crippen molar-refractivity contribution in [2.75, 3.05) is 13.2 Å². The quantitative estimate of drug-likeness (QED) is 0.170. The summed E-state index contributed by atoms with van der Waals surface area (Å²) in [5.41, 5.74) is 5.82. The number of carbonyl (C=O) groups excluding carboxylic acids is 3. The number of hydrogen-bond donors (Lipinski definition) is 2. The second kappa shape index (κ2) is 15.2. The van der Waals surface area contributed by atoms with E-state index in [-0.39, 0.29) is 53.9 Å². The number of rotatable bonds is 11. The third-order valence-corrected chi connectivity index (χ3v) is 6.59. The van der Waals surface area contributed by atoms with Crippen LogP contribution < -0.4 is 15.2 Å². The van der Waals surface area contributed by atoms with Crippen LogP contribution in [0.15, 0.2) is 18.2 Å². The Bertz CT molecular complexity index is 1080. The Morgan fingerprint density at radius 2 is 1.40 bits per heavy atom. The van der Waals surface area contributed by atoms with Crippen LogP contribution in [-0.2, 0) is 23.8 Å². The molecule has 1 saturated carbocycles. The first-order valence-corrected chi connectivity index (χ1v) is 14.5. The molecule has 1 aliphatic rings. The Morgan fingerprint density at radius 1 is 0.881 bits per heavy atom. The van der Waals surface area contributed by atoms with Gasteiger partial charge in [-0.05, 0) is 54.7 Å². The van der Waals surface area contributed by atoms with Crippen LogP contribution in [0.3, 0.4) is 0 Å². The summed E-state index contributed by atoms with van der Waals surface area (Å²) >= 11 is 0. The van der Waals surface area contributed by atoms with Crippen LogP contribution in [0.2, 0.25) is 0 Å². The molecule has 11 heteroatoms. The van der Waals surface area contributed by atoms with Crippen molar-refractivity contribution < 1.29 is 48.0 Å². The monoisotopic (exact) mass is 593 g/mol. The lowest BCUT2D eigenvalue weighted by Crippen LogP contribution is -2.38. The molecular formula is C31H47NO10. The Labute approximate surface area is 248 Å². The fourth-order valence-electron chi connectivity index (χ4n) is 4.41. The van der Waals surface area contributed by atoms with Gasteiger partial charge in [-0.3, -0.25) is 9.59 Å². The zero-order valence-electron chi connectivity index (χ0n) is 25.9. The standard InChI is InChI=1S/C31H47NO10/c1-19(40-27(35)20-11-9-8-10-12-20)15-22(25(32)26(33)34)21-13-14-23(41-28(36)38-17-30(2,3)4)24(16-21)42-29(37)39-18-31(5,6)7/h13-14,16,19-20,22,25H,8-12,15,17-18,32H2,1-7H3,(H,33,34)/t19?,22?,25-/m0/s1. The van der Waals surface area contributed by atoms with E-state index in [1.807, 2.05) is 41.5 Å². The summed E-state index contributed by atoms with van der Waals surface area (Å²) < 4.78 is 26.8. The minimum Gasteiger partial charge on any atom is -0.480 e. The molecule has 0 radical (unpaired) electrons. The summed E-state index contributed by atoms with van der Waals surface area (Å²) in [4.78, 5) is 49.6. The minimum absolute atomic E-state index is 0.0612. The van der Waals surface area contributed by atoms with Crippen LogP contribution in [0.25, 0.3) is 0 Å². The lowest BCUT2D eigenvalue weighted by Gasteiger charge is -2.27. The SMILES string of the molecule is CC(CC(c1ccc(OC(=O)OCC(C)(C)C)c(OC(=O)OCC(C)(C)C)c1)[C@H](N)C(=O)O)OC(=O)C1CCCCC1. The fourth-order valence-corrected chi connectivity index (χ4v) is 4.41. The van der Waals surface area contributed by atoms with E-state index in [0.29, 0.717) is 5.56 Å². The lowest BCUT2D eigenvalue weighted by atomic mass is 9.86. The molecule has 0 saturated heterocycles. The van der Waals surface area contributed by atoms with Gasteiger partial charge in [0.05, 0.1) is 25.2 Å². The third kappa shape index (κ3) is 12.3. The number of hydrogen-bond acceptors (Lipinski definition) is 10. The maximum absolute atomic E-state index is 12.7. The average Bonchev–Trinajstić information content (AvgIpc) is 2.89. The highest BCUT2D eigenvalue weighted by atomic mass is 16.7. The number of aliphatic carboxylic acids is 1. The summed E-state index contributed by atoms with van der Waals surface area (Å²) in [5, 5.41) is 9.75. The van der Waals surface area contributed by atoms with Gasteiger partial charge in [0.1, 0.15) is 6.04 Å². The van der Waals surface area contributed by atoms with E-state index in [0.717, 1.165) is 32.1 Å². The molecule has 2 rings (SSSR count). The molecule has 236 valence electrons. The first-order chi connectivity index (χ1) is 19.4. The normalized spacial score (nSPS) is 16.5. The summed E-state index contributed by atoms with van der Waals surface area (Å²) in [6.45, 7) is 13.1. The van der Waals surface area contributed by atoms with Crippen LogP contribution in [0, 0.1) is 16.7 Å². The lowest BCUT2D eigenvalue weighted by molar-refractivity contribution is -0.155. The molecule has 0 amide bonds. The van der Waals surface area contributed by atoms with E-state index in [4.69, 9.17) is 29.4 Å². The van der Waals surface area contributed by atoms with Crippen molar-refractivity contribution in [3.8, 4) is 11.5 Å². The topological polar surface area (TPSA) is 161 Å². The molecular weight excluding hydrogens is 546 g/mol. The van der Waals surface area contributed by atoms with Gasteiger partial charge in [-0.25, -0.2) is 9.59 Å². The van der Waals surface area contributed by atoms with Gasteiger partial charge in [0.2, 0.25) is 0 Å². The maximum atomic E-state index is 12.7. The van der Waals surface area contributed by atoms with Gasteiger partial charge < -0.3 is 34.5 Å². The number of esters is 1. The molecule has 2 unspecified atom stereocenters. The predicted molar refractivity (Wildman–Crippen MR) is 154 cm³/mol. The molecule has 1 fully saturated rings. The zero-order chi connectivity index (χ0) is 31.7. The first-order valence-electron chi connectivity index (χ1n) is 14.5. The van der Waals surface area contributed by atoms with Crippen LogP contribution in [-0.4, -0.2) is 54.7 Å². The van der Waals surface area contributed by atoms with E-state index in [1.54, 1.807) is 6.92 Å². The van der Waals surface area contributed by atoms with Gasteiger partial charge in [0, 0.05) is 5.92 Å². The number of nitrogens with two attached hydrogens (primary N) is 1. The van der Waals surface area contributed by atoms with Crippen molar-refractivity contribution >= 4 is 24.2 Å². The largest absolute Gasteiger partial charge is 0.513 e. The molecule has 0 bridgehead atoms. The highest BCUT2D eigenvalue weighted by Crippen LogP contribution is 2.35. The molecule has 1 aromatic rings. The molecule has 0 heterocycles. The number of benzene rings is 1. The van der Waals surface area contributed by atoms with Gasteiger partial charge in [-0.1, -0.05) is 66.9 Å². The number of ether oxygens (including phenoxy) is 5. The Kier molecular flexibility index (Phi) is 12.6. The summed E-state index contributed by atoms with van der Waals surface area (Å²) in [6.07, 6.45) is 1.99. The summed E-state index contributed by atoms with van der Waals surface area (Å²) in [7, 11) is 0. The third-order valence-electron chi connectivity index (χ3n) is 6.59. The molecule has 0 spiro atoms. The molecule has 0 aromatic heterocycles. The van der Waals surface area contributed by atoms with E-state index >= 15 is 0 Å². The van der Waals surface area contributed by atoms with Crippen LogP contribution in [0.5, 0.6) is 11.5 Å². The second-order valence-electron chi connectivity index (χ2n) is 13.4. The van der Waals surface area contributed by atoms with Crippen molar-refractivity contribution in [3.05, 3.63) is 23.8 Å². The number of carboxylic acids is 1. The molecule has 1 aliphatic carbocycles. The predicted octanol–water partition coefficient (Wildman–Crippen LogP) is 6.21. The Morgan fingerprint density at radius 3 is 1.90 bits per heavy atom. The smallest absolute Gasteiger partial charge is 0.480 e. The minimum atomic E-state index is -1.37. The van der Waals surface area contributed by atoms with Crippen molar-refractivity contribution in [2.45, 2.75) is 105 Å². The average molecular weight is 594 g/mol. The van der Waals surface area contributed by atoms with Crippen LogP contribution in [0.4, 0.5) is 9.59 Å². The molecule has 3 N–H and O–H groups in total. The van der Waals surface area contributed by atoms with E-state index in [1.165, 1.54) is 18.2 Å². The van der Waals surface area contributed by atoms with Crippen LogP contribution in [0.1, 0.15) is 98.5 Å². The highest BCUT2D eigenvalue weighted by molar-refractivity contribution is 5.75. The first kappa shape index (κ1) is 34.9. The van der Waals surface area contributed by atoms with Gasteiger partial charge >= 0.3 is 24.2 Å². The summed E-state index contributed by atoms with van der Waals surface area (Å²) in [5.74, 6) is -2.89. The van der Waals surface area contributed by atoms with Gasteiger partial charge in [0.25, 0.3) is 0 Å². The van der Waals surface area contributed by atoms with Crippen molar-refractivity contribution in [2.24, 2.45) is 22.5 Å². The highest BCUT2D eigenvalue weighted by Gasteiger charge is 2.32. The van der Waals surface area contributed by atoms with Gasteiger partial charge in [-0.15, -0.1) is 0 Å². The van der Waals surface area contributed by atoms with E-state index < -0.39 is 36.3 Å². The van der Waals surface area contributed by atoms with E-state index in [2.05, 4.69) is 0 Å². The molecule has 0 aliphatic heterocycles. The molecule has 3 atom stereocenters. The Hall–Kier alpha value is -3.34. The molecule has 42 heavy (non-hydrogen) atoms. The second-order valence-corrected chi connectivity index (χ2v) is 13.4.